The van der Waals surface area contributed by atoms with Crippen molar-refractivity contribution in [3.63, 3.8) is 0 Å². The number of esters is 2. The Kier molecular flexibility index (Phi) is 7.23. The normalized spacial score (nSPS) is 13.3. The van der Waals surface area contributed by atoms with E-state index in [1.165, 1.54) is 10.9 Å². The highest BCUT2D eigenvalue weighted by Crippen LogP contribution is 2.40. The van der Waals surface area contributed by atoms with Gasteiger partial charge in [0.2, 0.25) is 5.91 Å². The quantitative estimate of drug-likeness (QED) is 0.269. The number of hydrogen-bond acceptors (Lipinski definition) is 9. The molecule has 1 aliphatic carbocycles. The van der Waals surface area contributed by atoms with Crippen molar-refractivity contribution < 1.29 is 28.7 Å². The van der Waals surface area contributed by atoms with Crippen molar-refractivity contribution in [1.29, 1.82) is 0 Å². The third-order valence-electron chi connectivity index (χ3n) is 5.35. The molecule has 3 aromatic rings. The Morgan fingerprint density at radius 1 is 1.11 bits per heavy atom. The van der Waals surface area contributed by atoms with Gasteiger partial charge in [-0.05, 0) is 58.1 Å². The smallest absolute Gasteiger partial charge is 0.398 e. The molecule has 0 spiro atoms. The molecule has 0 unspecified atom stereocenters. The molecule has 3 heterocycles. The van der Waals surface area contributed by atoms with Crippen molar-refractivity contribution in [2.24, 2.45) is 0 Å². The van der Waals surface area contributed by atoms with Crippen LogP contribution in [0.4, 0.5) is 0 Å². The van der Waals surface area contributed by atoms with Gasteiger partial charge >= 0.3 is 17.8 Å². The number of pyridine rings is 1. The molecular formula is C24H29N7O6. The molecular weight excluding hydrogens is 482 g/mol. The van der Waals surface area contributed by atoms with E-state index in [-0.39, 0.29) is 25.3 Å². The fourth-order valence-electron chi connectivity index (χ4n) is 3.65. The Labute approximate surface area is 212 Å². The van der Waals surface area contributed by atoms with Crippen molar-refractivity contribution in [2.75, 3.05) is 6.61 Å². The summed E-state index contributed by atoms with van der Waals surface area (Å²) in [7, 11) is 0. The number of ether oxygens (including phenoxy) is 2. The zero-order chi connectivity index (χ0) is 26.7. The topological polar surface area (TPSA) is 159 Å². The van der Waals surface area contributed by atoms with Crippen LogP contribution in [-0.2, 0) is 36.8 Å². The SMILES string of the molecule is CCOC(=O)C(=O)NNC(=O)Cc1cc(C2CC2)cn2cc(Cn3cc(C(=O)OC(C)(C)C)nn3)nc12. The van der Waals surface area contributed by atoms with E-state index >= 15 is 0 Å². The van der Waals surface area contributed by atoms with Gasteiger partial charge in [0, 0.05) is 18.0 Å². The molecule has 37 heavy (non-hydrogen) atoms. The molecule has 0 aromatic carbocycles. The zero-order valence-corrected chi connectivity index (χ0v) is 21.1. The molecule has 0 aliphatic heterocycles. The molecule has 1 fully saturated rings. The maximum absolute atomic E-state index is 12.5. The number of imidazole rings is 1. The van der Waals surface area contributed by atoms with E-state index in [1.807, 2.05) is 22.9 Å². The van der Waals surface area contributed by atoms with Crippen molar-refractivity contribution in [2.45, 2.75) is 65.0 Å². The molecule has 196 valence electrons. The van der Waals surface area contributed by atoms with Crippen LogP contribution >= 0.6 is 0 Å². The average molecular weight is 512 g/mol. The third kappa shape index (κ3) is 6.68. The number of hydrogen-bond donors (Lipinski definition) is 2. The fraction of sp³-hybridized carbons (Fsp3) is 0.458. The van der Waals surface area contributed by atoms with Crippen LogP contribution < -0.4 is 10.9 Å². The van der Waals surface area contributed by atoms with Crippen molar-refractivity contribution in [1.82, 2.24) is 35.2 Å². The lowest BCUT2D eigenvalue weighted by Crippen LogP contribution is -2.46. The highest BCUT2D eigenvalue weighted by atomic mass is 16.6. The van der Waals surface area contributed by atoms with Crippen LogP contribution in [0.2, 0.25) is 0 Å². The van der Waals surface area contributed by atoms with Gasteiger partial charge < -0.3 is 13.9 Å². The molecule has 0 bridgehead atoms. The first-order valence-corrected chi connectivity index (χ1v) is 11.9. The summed E-state index contributed by atoms with van der Waals surface area (Å²) in [6, 6.07) is 1.94. The van der Waals surface area contributed by atoms with Crippen LogP contribution in [0.25, 0.3) is 5.65 Å². The van der Waals surface area contributed by atoms with Gasteiger partial charge in [-0.1, -0.05) is 5.21 Å². The summed E-state index contributed by atoms with van der Waals surface area (Å²) in [5.74, 6) is -2.80. The summed E-state index contributed by atoms with van der Waals surface area (Å²) < 4.78 is 13.3. The lowest BCUT2D eigenvalue weighted by Gasteiger charge is -2.18. The second-order valence-electron chi connectivity index (χ2n) is 9.74. The predicted octanol–water partition coefficient (Wildman–Crippen LogP) is 1.06. The number of nitrogens with one attached hydrogen (secondary N) is 2. The minimum atomic E-state index is -1.08. The molecule has 2 N–H and O–H groups in total. The molecule has 4 rings (SSSR count). The maximum Gasteiger partial charge on any atom is 0.398 e. The summed E-state index contributed by atoms with van der Waals surface area (Å²) in [5.41, 5.74) is 6.69. The van der Waals surface area contributed by atoms with E-state index in [4.69, 9.17) is 4.74 Å². The summed E-state index contributed by atoms with van der Waals surface area (Å²) in [6.07, 6.45) is 7.38. The van der Waals surface area contributed by atoms with Gasteiger partial charge in [-0.25, -0.2) is 19.3 Å². The second-order valence-corrected chi connectivity index (χ2v) is 9.74. The van der Waals surface area contributed by atoms with Crippen LogP contribution in [0.1, 0.15) is 73.8 Å². The summed E-state index contributed by atoms with van der Waals surface area (Å²) in [4.78, 5) is 52.5. The van der Waals surface area contributed by atoms with Crippen molar-refractivity contribution in [3.8, 4) is 0 Å². The number of fused-ring (bicyclic) bond motifs is 1. The second kappa shape index (κ2) is 10.4. The summed E-state index contributed by atoms with van der Waals surface area (Å²) in [6.45, 7) is 7.18. The highest BCUT2D eigenvalue weighted by Gasteiger charge is 2.26. The standard InChI is InChI=1S/C24H29N7O6/c1-5-36-23(35)21(33)28-27-19(32)9-15-8-16(14-6-7-14)10-30-11-17(25-20(15)30)12-31-13-18(26-29-31)22(34)37-24(2,3)4/h8,10-11,13-14H,5-7,9,12H2,1-4H3,(H,27,32)(H,28,33). The van der Waals surface area contributed by atoms with Gasteiger partial charge in [0.05, 0.1) is 31.5 Å². The number of hydrazine groups is 1. The summed E-state index contributed by atoms with van der Waals surface area (Å²) >= 11 is 0. The van der Waals surface area contributed by atoms with Crippen LogP contribution in [-0.4, -0.2) is 60.3 Å². The van der Waals surface area contributed by atoms with Gasteiger partial charge in [-0.2, -0.15) is 0 Å². The zero-order valence-electron chi connectivity index (χ0n) is 21.1. The Bertz CT molecular complexity index is 1350. The third-order valence-corrected chi connectivity index (χ3v) is 5.35. The highest BCUT2D eigenvalue weighted by molar-refractivity contribution is 6.32. The van der Waals surface area contributed by atoms with Gasteiger partial charge in [-0.3, -0.25) is 20.4 Å². The van der Waals surface area contributed by atoms with Gasteiger partial charge in [0.1, 0.15) is 11.2 Å². The number of rotatable bonds is 7. The first kappa shape index (κ1) is 25.8. The number of carbonyl (C=O) groups excluding carboxylic acids is 4. The molecule has 2 amide bonds. The van der Waals surface area contributed by atoms with E-state index in [0.717, 1.165) is 18.4 Å². The Hall–Kier alpha value is -4.29. The lowest BCUT2D eigenvalue weighted by molar-refractivity contribution is -0.155. The number of aromatic nitrogens is 5. The number of carbonyl (C=O) groups is 4. The van der Waals surface area contributed by atoms with E-state index in [2.05, 4.69) is 30.9 Å². The van der Waals surface area contributed by atoms with Gasteiger partial charge in [-0.15, -0.1) is 5.10 Å². The van der Waals surface area contributed by atoms with Crippen molar-refractivity contribution in [3.05, 3.63) is 47.2 Å². The minimum absolute atomic E-state index is 0.0469. The van der Waals surface area contributed by atoms with Crippen LogP contribution in [0.15, 0.2) is 24.7 Å². The van der Waals surface area contributed by atoms with Crippen molar-refractivity contribution >= 4 is 29.4 Å². The number of nitrogens with zero attached hydrogens (tertiary/aromatic N) is 5. The molecule has 13 nitrogen and oxygen atoms in total. The lowest BCUT2D eigenvalue weighted by atomic mass is 10.1. The first-order chi connectivity index (χ1) is 17.5. The van der Waals surface area contributed by atoms with E-state index in [0.29, 0.717) is 22.8 Å². The molecule has 13 heteroatoms. The van der Waals surface area contributed by atoms with E-state index < -0.39 is 29.4 Å². The average Bonchev–Trinajstić information content (AvgIpc) is 3.43. The van der Waals surface area contributed by atoms with Gasteiger partial charge in [0.25, 0.3) is 0 Å². The Morgan fingerprint density at radius 2 is 1.86 bits per heavy atom. The maximum atomic E-state index is 12.5. The van der Waals surface area contributed by atoms with E-state index in [1.54, 1.807) is 27.7 Å². The first-order valence-electron chi connectivity index (χ1n) is 11.9. The number of amides is 2. The minimum Gasteiger partial charge on any atom is -0.459 e. The fourth-order valence-corrected chi connectivity index (χ4v) is 3.65. The van der Waals surface area contributed by atoms with Crippen LogP contribution in [0.3, 0.4) is 0 Å². The molecule has 1 aliphatic rings. The van der Waals surface area contributed by atoms with Crippen LogP contribution in [0, 0.1) is 0 Å². The van der Waals surface area contributed by atoms with E-state index in [9.17, 15) is 19.2 Å². The molecule has 0 radical (unpaired) electrons. The largest absolute Gasteiger partial charge is 0.459 e. The molecule has 0 atom stereocenters. The van der Waals surface area contributed by atoms with Crippen LogP contribution in [0.5, 0.6) is 0 Å². The monoisotopic (exact) mass is 511 g/mol. The Balaban J connectivity index is 1.49. The van der Waals surface area contributed by atoms with Gasteiger partial charge in [0.15, 0.2) is 5.69 Å². The molecule has 0 saturated heterocycles. The predicted molar refractivity (Wildman–Crippen MR) is 128 cm³/mol. The molecule has 1 saturated carbocycles. The summed E-state index contributed by atoms with van der Waals surface area (Å²) in [5, 5.41) is 7.90. The molecule has 3 aromatic heterocycles. The Morgan fingerprint density at radius 3 is 2.54 bits per heavy atom.